The Morgan fingerprint density at radius 1 is 1.33 bits per heavy atom. The Bertz CT molecular complexity index is 160. The SMILES string of the molecule is C=C(CC)CC(CCOCCOC)NC. The summed E-state index contributed by atoms with van der Waals surface area (Å²) >= 11 is 0. The fraction of sp³-hybridized carbons (Fsp3) is 0.833. The number of rotatable bonds is 10. The molecule has 0 aliphatic carbocycles. The Morgan fingerprint density at radius 2 is 2.07 bits per heavy atom. The van der Waals surface area contributed by atoms with Crippen molar-refractivity contribution in [1.82, 2.24) is 5.32 Å². The van der Waals surface area contributed by atoms with Gasteiger partial charge in [0.2, 0.25) is 0 Å². The van der Waals surface area contributed by atoms with Gasteiger partial charge in [-0.15, -0.1) is 0 Å². The number of ether oxygens (including phenoxy) is 2. The second kappa shape index (κ2) is 10.1. The predicted molar refractivity (Wildman–Crippen MR) is 64.2 cm³/mol. The van der Waals surface area contributed by atoms with Crippen LogP contribution in [0.2, 0.25) is 0 Å². The van der Waals surface area contributed by atoms with Crippen molar-refractivity contribution < 1.29 is 9.47 Å². The van der Waals surface area contributed by atoms with Crippen molar-refractivity contribution in [3.8, 4) is 0 Å². The Kier molecular flexibility index (Phi) is 9.89. The molecule has 3 heteroatoms. The molecule has 0 amide bonds. The van der Waals surface area contributed by atoms with Crippen LogP contribution in [0.1, 0.15) is 26.2 Å². The first-order valence-electron chi connectivity index (χ1n) is 5.65. The van der Waals surface area contributed by atoms with Crippen LogP contribution in [0.25, 0.3) is 0 Å². The number of hydrogen-bond acceptors (Lipinski definition) is 3. The average molecular weight is 215 g/mol. The molecule has 0 aliphatic heterocycles. The van der Waals surface area contributed by atoms with Crippen molar-refractivity contribution in [2.75, 3.05) is 34.0 Å². The number of hydrogen-bond donors (Lipinski definition) is 1. The molecule has 90 valence electrons. The largest absolute Gasteiger partial charge is 0.382 e. The normalized spacial score (nSPS) is 12.7. The smallest absolute Gasteiger partial charge is 0.0700 e. The van der Waals surface area contributed by atoms with Crippen LogP contribution in [0.5, 0.6) is 0 Å². The molecule has 15 heavy (non-hydrogen) atoms. The maximum Gasteiger partial charge on any atom is 0.0700 e. The molecule has 0 rings (SSSR count). The molecule has 1 unspecified atom stereocenters. The first-order valence-corrected chi connectivity index (χ1v) is 5.65. The van der Waals surface area contributed by atoms with Gasteiger partial charge < -0.3 is 14.8 Å². The Hall–Kier alpha value is -0.380. The molecule has 0 heterocycles. The van der Waals surface area contributed by atoms with E-state index in [1.807, 2.05) is 7.05 Å². The standard InChI is InChI=1S/C12H25NO2/c1-5-11(2)10-12(13-3)6-7-15-9-8-14-4/h12-13H,2,5-10H2,1,3-4H3. The highest BCUT2D eigenvalue weighted by Gasteiger charge is 2.06. The molecule has 3 nitrogen and oxygen atoms in total. The average Bonchev–Trinajstić information content (AvgIpc) is 2.26. The minimum absolute atomic E-state index is 0.486. The van der Waals surface area contributed by atoms with Crippen LogP contribution in [0, 0.1) is 0 Å². The lowest BCUT2D eigenvalue weighted by Gasteiger charge is -2.16. The zero-order valence-corrected chi connectivity index (χ0v) is 10.3. The van der Waals surface area contributed by atoms with Gasteiger partial charge in [0.05, 0.1) is 13.2 Å². The second-order valence-electron chi connectivity index (χ2n) is 3.69. The van der Waals surface area contributed by atoms with Crippen molar-refractivity contribution >= 4 is 0 Å². The third kappa shape index (κ3) is 8.60. The molecule has 0 spiro atoms. The van der Waals surface area contributed by atoms with Gasteiger partial charge in [0.25, 0.3) is 0 Å². The van der Waals surface area contributed by atoms with Crippen LogP contribution in [-0.4, -0.2) is 40.0 Å². The van der Waals surface area contributed by atoms with Crippen molar-refractivity contribution in [2.45, 2.75) is 32.2 Å². The van der Waals surface area contributed by atoms with Gasteiger partial charge in [-0.2, -0.15) is 0 Å². The van der Waals surface area contributed by atoms with Gasteiger partial charge in [0.15, 0.2) is 0 Å². The van der Waals surface area contributed by atoms with E-state index < -0.39 is 0 Å². The molecule has 0 aromatic rings. The van der Waals surface area contributed by atoms with Crippen LogP contribution in [-0.2, 0) is 9.47 Å². The highest BCUT2D eigenvalue weighted by molar-refractivity contribution is 4.96. The first kappa shape index (κ1) is 14.6. The van der Waals surface area contributed by atoms with Crippen LogP contribution in [0.3, 0.4) is 0 Å². The van der Waals surface area contributed by atoms with Gasteiger partial charge in [-0.25, -0.2) is 0 Å². The van der Waals surface area contributed by atoms with Crippen molar-refractivity contribution in [3.05, 3.63) is 12.2 Å². The molecule has 0 saturated carbocycles. The van der Waals surface area contributed by atoms with E-state index in [4.69, 9.17) is 9.47 Å². The zero-order valence-electron chi connectivity index (χ0n) is 10.3. The molecule has 1 atom stereocenters. The van der Waals surface area contributed by atoms with E-state index in [0.29, 0.717) is 19.3 Å². The second-order valence-corrected chi connectivity index (χ2v) is 3.69. The molecule has 0 bridgehead atoms. The lowest BCUT2D eigenvalue weighted by molar-refractivity contribution is 0.0661. The summed E-state index contributed by atoms with van der Waals surface area (Å²) < 4.78 is 10.3. The quantitative estimate of drug-likeness (QED) is 0.446. The lowest BCUT2D eigenvalue weighted by atomic mass is 10.0. The molecule has 1 N–H and O–H groups in total. The summed E-state index contributed by atoms with van der Waals surface area (Å²) in [4.78, 5) is 0. The van der Waals surface area contributed by atoms with E-state index in [2.05, 4.69) is 18.8 Å². The maximum absolute atomic E-state index is 5.43. The van der Waals surface area contributed by atoms with Crippen molar-refractivity contribution in [2.24, 2.45) is 0 Å². The van der Waals surface area contributed by atoms with E-state index in [1.165, 1.54) is 5.57 Å². The summed E-state index contributed by atoms with van der Waals surface area (Å²) in [5, 5.41) is 3.29. The van der Waals surface area contributed by atoms with Gasteiger partial charge in [-0.05, 0) is 26.3 Å². The van der Waals surface area contributed by atoms with Crippen LogP contribution < -0.4 is 5.32 Å². The topological polar surface area (TPSA) is 30.5 Å². The molecular weight excluding hydrogens is 190 g/mol. The molecule has 0 saturated heterocycles. The highest BCUT2D eigenvalue weighted by atomic mass is 16.5. The minimum atomic E-state index is 0.486. The first-order chi connectivity index (χ1) is 7.24. The summed E-state index contributed by atoms with van der Waals surface area (Å²) in [6.45, 7) is 8.30. The summed E-state index contributed by atoms with van der Waals surface area (Å²) in [5.74, 6) is 0. The molecule has 0 fully saturated rings. The monoisotopic (exact) mass is 215 g/mol. The lowest BCUT2D eigenvalue weighted by Crippen LogP contribution is -2.27. The molecule has 0 aromatic heterocycles. The van der Waals surface area contributed by atoms with Gasteiger partial charge in [-0.1, -0.05) is 19.1 Å². The van der Waals surface area contributed by atoms with E-state index in [1.54, 1.807) is 7.11 Å². The van der Waals surface area contributed by atoms with Gasteiger partial charge in [0, 0.05) is 19.8 Å². The fourth-order valence-corrected chi connectivity index (χ4v) is 1.31. The highest BCUT2D eigenvalue weighted by Crippen LogP contribution is 2.09. The number of methoxy groups -OCH3 is 1. The minimum Gasteiger partial charge on any atom is -0.382 e. The van der Waals surface area contributed by atoms with E-state index in [9.17, 15) is 0 Å². The molecule has 0 radical (unpaired) electrons. The summed E-state index contributed by atoms with van der Waals surface area (Å²) in [7, 11) is 3.67. The Labute approximate surface area is 93.8 Å². The molecule has 0 aliphatic rings. The zero-order chi connectivity index (χ0) is 11.5. The van der Waals surface area contributed by atoms with Crippen LogP contribution in [0.4, 0.5) is 0 Å². The van der Waals surface area contributed by atoms with E-state index in [0.717, 1.165) is 25.9 Å². The third-order valence-corrected chi connectivity index (χ3v) is 2.49. The van der Waals surface area contributed by atoms with Crippen molar-refractivity contribution in [1.29, 1.82) is 0 Å². The predicted octanol–water partition coefficient (Wildman–Crippen LogP) is 1.98. The summed E-state index contributed by atoms with van der Waals surface area (Å²) in [6.07, 6.45) is 3.13. The molecular formula is C12H25NO2. The van der Waals surface area contributed by atoms with Gasteiger partial charge >= 0.3 is 0 Å². The number of nitrogens with one attached hydrogen (secondary N) is 1. The fourth-order valence-electron chi connectivity index (χ4n) is 1.31. The third-order valence-electron chi connectivity index (χ3n) is 2.49. The van der Waals surface area contributed by atoms with E-state index >= 15 is 0 Å². The Balaban J connectivity index is 3.48. The Morgan fingerprint density at radius 3 is 2.60 bits per heavy atom. The van der Waals surface area contributed by atoms with Crippen LogP contribution in [0.15, 0.2) is 12.2 Å². The van der Waals surface area contributed by atoms with Gasteiger partial charge in [-0.3, -0.25) is 0 Å². The molecule has 0 aromatic carbocycles. The summed E-state index contributed by atoms with van der Waals surface area (Å²) in [5.41, 5.74) is 1.30. The maximum atomic E-state index is 5.43. The van der Waals surface area contributed by atoms with Crippen molar-refractivity contribution in [3.63, 3.8) is 0 Å². The van der Waals surface area contributed by atoms with Crippen LogP contribution >= 0.6 is 0 Å². The van der Waals surface area contributed by atoms with E-state index in [-0.39, 0.29) is 0 Å². The van der Waals surface area contributed by atoms with Gasteiger partial charge in [0.1, 0.15) is 0 Å². The summed E-state index contributed by atoms with van der Waals surface area (Å²) in [6, 6.07) is 0.486.